The molecule has 1 aliphatic heterocycles. The molecule has 2 heteroatoms. The lowest BCUT2D eigenvalue weighted by atomic mass is 9.77. The highest BCUT2D eigenvalue weighted by atomic mass is 16.6. The molecule has 78 valence electrons. The van der Waals surface area contributed by atoms with Crippen LogP contribution in [0.1, 0.15) is 18.1 Å². The maximum absolute atomic E-state index is 11.5. The first kappa shape index (κ1) is 8.96. The van der Waals surface area contributed by atoms with E-state index in [1.165, 1.54) is 11.1 Å². The zero-order valence-corrected chi connectivity index (χ0v) is 8.77. The summed E-state index contributed by atoms with van der Waals surface area (Å²) >= 11 is 0. The van der Waals surface area contributed by atoms with Crippen molar-refractivity contribution in [3.63, 3.8) is 0 Å². The van der Waals surface area contributed by atoms with Crippen molar-refractivity contribution in [3.8, 4) is 0 Å². The largest absolute Gasteiger partial charge is 0.461 e. The average Bonchev–Trinajstić information content (AvgIpc) is 2.52. The molecule has 3 atom stereocenters. The summed E-state index contributed by atoms with van der Waals surface area (Å²) in [6.45, 7) is 1.99. The first-order valence-corrected chi connectivity index (χ1v) is 5.53. The first-order chi connectivity index (χ1) is 7.25. The van der Waals surface area contributed by atoms with Crippen LogP contribution in [0.3, 0.4) is 0 Å². The quantitative estimate of drug-likeness (QED) is 0.601. The zero-order valence-electron chi connectivity index (χ0n) is 8.77. The molecule has 0 radical (unpaired) electrons. The topological polar surface area (TPSA) is 26.3 Å². The second kappa shape index (κ2) is 3.09. The molecule has 0 aromatic heterocycles. The summed E-state index contributed by atoms with van der Waals surface area (Å²) in [5, 5.41) is 0. The summed E-state index contributed by atoms with van der Waals surface area (Å²) in [5.74, 6) is 0.452. The Kier molecular flexibility index (Phi) is 1.84. The van der Waals surface area contributed by atoms with Crippen molar-refractivity contribution in [2.45, 2.75) is 25.9 Å². The van der Waals surface area contributed by atoms with Gasteiger partial charge in [0.05, 0.1) is 5.92 Å². The third-order valence-corrected chi connectivity index (χ3v) is 3.75. The molecule has 1 saturated heterocycles. The van der Waals surface area contributed by atoms with Crippen LogP contribution in [0, 0.1) is 11.8 Å². The van der Waals surface area contributed by atoms with Gasteiger partial charge in [-0.2, -0.15) is 0 Å². The Morgan fingerprint density at radius 1 is 1.20 bits per heavy atom. The second-order valence-corrected chi connectivity index (χ2v) is 4.60. The van der Waals surface area contributed by atoms with E-state index in [2.05, 4.69) is 24.3 Å². The van der Waals surface area contributed by atoms with Crippen molar-refractivity contribution < 1.29 is 9.53 Å². The van der Waals surface area contributed by atoms with E-state index in [-0.39, 0.29) is 18.0 Å². The minimum absolute atomic E-state index is 0.0159. The van der Waals surface area contributed by atoms with Crippen LogP contribution >= 0.6 is 0 Å². The Bertz CT molecular complexity index is 411. The molecule has 0 N–H and O–H groups in total. The van der Waals surface area contributed by atoms with E-state index in [4.69, 9.17) is 4.74 Å². The van der Waals surface area contributed by atoms with E-state index in [1.54, 1.807) is 0 Å². The summed E-state index contributed by atoms with van der Waals surface area (Å²) in [6.07, 6.45) is 2.02. The molecule has 15 heavy (non-hydrogen) atoms. The molecule has 2 aliphatic rings. The molecule has 0 unspecified atom stereocenters. The van der Waals surface area contributed by atoms with Crippen LogP contribution in [0.4, 0.5) is 0 Å². The minimum Gasteiger partial charge on any atom is -0.461 e. The van der Waals surface area contributed by atoms with Crippen molar-refractivity contribution in [2.24, 2.45) is 11.8 Å². The molecular formula is C13H14O2. The fraction of sp³-hybridized carbons (Fsp3) is 0.462. The maximum atomic E-state index is 11.5. The Balaban J connectivity index is 1.96. The van der Waals surface area contributed by atoms with Gasteiger partial charge < -0.3 is 4.74 Å². The van der Waals surface area contributed by atoms with Gasteiger partial charge >= 0.3 is 5.97 Å². The van der Waals surface area contributed by atoms with Gasteiger partial charge in [0, 0.05) is 12.3 Å². The second-order valence-electron chi connectivity index (χ2n) is 4.60. The van der Waals surface area contributed by atoms with Gasteiger partial charge in [0.2, 0.25) is 0 Å². The Hall–Kier alpha value is -1.31. The van der Waals surface area contributed by atoms with E-state index in [0.29, 0.717) is 5.92 Å². The van der Waals surface area contributed by atoms with Gasteiger partial charge in [-0.05, 0) is 17.5 Å². The Morgan fingerprint density at radius 3 is 2.60 bits per heavy atom. The summed E-state index contributed by atoms with van der Waals surface area (Å²) in [4.78, 5) is 11.5. The highest BCUT2D eigenvalue weighted by Gasteiger charge is 2.43. The molecule has 3 rings (SSSR count). The molecular weight excluding hydrogens is 188 g/mol. The number of carbonyl (C=O) groups is 1. The predicted octanol–water partition coefficient (Wildman–Crippen LogP) is 1.96. The van der Waals surface area contributed by atoms with Crippen molar-refractivity contribution >= 4 is 5.97 Å². The molecule has 1 fully saturated rings. The van der Waals surface area contributed by atoms with Gasteiger partial charge in [-0.1, -0.05) is 31.2 Å². The maximum Gasteiger partial charge on any atom is 0.309 e. The molecule has 0 saturated carbocycles. The van der Waals surface area contributed by atoms with Crippen LogP contribution in [0.2, 0.25) is 0 Å². The third kappa shape index (κ3) is 1.28. The van der Waals surface area contributed by atoms with Crippen LogP contribution in [0.5, 0.6) is 0 Å². The molecule has 1 aromatic rings. The van der Waals surface area contributed by atoms with Crippen molar-refractivity contribution in [1.82, 2.24) is 0 Å². The number of rotatable bonds is 0. The SMILES string of the molecule is C[C@H]1C(=O)O[C@@H]2Cc3ccccc3C[C@H]21. The predicted molar refractivity (Wildman–Crippen MR) is 56.4 cm³/mol. The zero-order chi connectivity index (χ0) is 10.4. The van der Waals surface area contributed by atoms with Gasteiger partial charge in [0.15, 0.2) is 0 Å². The van der Waals surface area contributed by atoms with E-state index in [9.17, 15) is 4.79 Å². The van der Waals surface area contributed by atoms with Gasteiger partial charge in [-0.25, -0.2) is 0 Å². The summed E-state index contributed by atoms with van der Waals surface area (Å²) < 4.78 is 5.40. The highest BCUT2D eigenvalue weighted by molar-refractivity contribution is 5.75. The number of hydrogen-bond donors (Lipinski definition) is 0. The minimum atomic E-state index is -0.0159. The molecule has 2 nitrogen and oxygen atoms in total. The molecule has 0 spiro atoms. The smallest absolute Gasteiger partial charge is 0.309 e. The number of esters is 1. The van der Waals surface area contributed by atoms with Gasteiger partial charge in [-0.3, -0.25) is 4.79 Å². The van der Waals surface area contributed by atoms with E-state index >= 15 is 0 Å². The number of benzene rings is 1. The first-order valence-electron chi connectivity index (χ1n) is 5.53. The van der Waals surface area contributed by atoms with Crippen LogP contribution < -0.4 is 0 Å². The van der Waals surface area contributed by atoms with Gasteiger partial charge in [0.1, 0.15) is 6.10 Å². The lowest BCUT2D eigenvalue weighted by Gasteiger charge is -2.26. The fourth-order valence-corrected chi connectivity index (χ4v) is 2.77. The van der Waals surface area contributed by atoms with E-state index < -0.39 is 0 Å². The van der Waals surface area contributed by atoms with Crippen LogP contribution in [-0.4, -0.2) is 12.1 Å². The molecule has 1 aliphatic carbocycles. The number of fused-ring (bicyclic) bond motifs is 2. The fourth-order valence-electron chi connectivity index (χ4n) is 2.77. The highest BCUT2D eigenvalue weighted by Crippen LogP contribution is 2.37. The van der Waals surface area contributed by atoms with Crippen LogP contribution in [-0.2, 0) is 22.4 Å². The lowest BCUT2D eigenvalue weighted by Crippen LogP contribution is -2.29. The molecule has 0 bridgehead atoms. The average molecular weight is 202 g/mol. The van der Waals surface area contributed by atoms with Crippen LogP contribution in [0.15, 0.2) is 24.3 Å². The van der Waals surface area contributed by atoms with Crippen molar-refractivity contribution in [3.05, 3.63) is 35.4 Å². The summed E-state index contributed by atoms with van der Waals surface area (Å²) in [5.41, 5.74) is 2.74. The Morgan fingerprint density at radius 2 is 1.87 bits per heavy atom. The summed E-state index contributed by atoms with van der Waals surface area (Å²) in [7, 11) is 0. The normalized spacial score (nSPS) is 33.1. The van der Waals surface area contributed by atoms with Gasteiger partial charge in [0.25, 0.3) is 0 Å². The van der Waals surface area contributed by atoms with Crippen LogP contribution in [0.25, 0.3) is 0 Å². The number of ether oxygens (including phenoxy) is 1. The van der Waals surface area contributed by atoms with E-state index in [1.807, 2.05) is 6.92 Å². The number of carbonyl (C=O) groups excluding carboxylic acids is 1. The summed E-state index contributed by atoms with van der Waals surface area (Å²) in [6, 6.07) is 8.43. The molecule has 1 aromatic carbocycles. The standard InChI is InChI=1S/C13H14O2/c1-8-11-6-9-4-2-3-5-10(9)7-12(11)15-13(8)14/h2-5,8,11-12H,6-7H2,1H3/t8-,11+,12-/m1/s1. The van der Waals surface area contributed by atoms with Gasteiger partial charge in [-0.15, -0.1) is 0 Å². The van der Waals surface area contributed by atoms with E-state index in [0.717, 1.165) is 12.8 Å². The number of hydrogen-bond acceptors (Lipinski definition) is 2. The third-order valence-electron chi connectivity index (χ3n) is 3.75. The van der Waals surface area contributed by atoms with Crippen molar-refractivity contribution in [1.29, 1.82) is 0 Å². The van der Waals surface area contributed by atoms with Crippen molar-refractivity contribution in [2.75, 3.05) is 0 Å². The lowest BCUT2D eigenvalue weighted by molar-refractivity contribution is -0.143. The Labute approximate surface area is 89.2 Å². The monoisotopic (exact) mass is 202 g/mol. The molecule has 1 heterocycles. The molecule has 0 amide bonds.